The van der Waals surface area contributed by atoms with Gasteiger partial charge in [0.05, 0.1) is 10.7 Å². The molecule has 0 saturated heterocycles. The summed E-state index contributed by atoms with van der Waals surface area (Å²) in [5, 5.41) is 12.6. The Balaban J connectivity index is 0. The standard InChI is InChI=1S/C17H16N2O5S.2Na.Y/c20-16-5-2-1-4-13(16)11-18-8-3-9-19-12-14-10-15(25(22,23)24)6-7-17(14)21;;;/h2-7,10-12,18,21H,8-9H2,(H,22,23,24);;;/q-2;2*+1;/p-1/b13-11-,19-12?;;;. The maximum Gasteiger partial charge on any atom is 1.00 e. The maximum atomic E-state index is 11.5. The molecule has 0 spiro atoms. The SMILES string of the molecule is O=C1C=C[C-]=C/C1=C/NC[CH-]CN=Cc1cc(S(=O)(=O)[O-])ccc1O.[Na+].[Na+].[Y]. The van der Waals surface area contributed by atoms with E-state index in [9.17, 15) is 22.9 Å². The van der Waals surface area contributed by atoms with Crippen LogP contribution in [0.15, 0.2) is 58.1 Å². The minimum Gasteiger partial charge on any atom is -0.744 e. The van der Waals surface area contributed by atoms with Crippen LogP contribution in [0, 0.1) is 12.5 Å². The first kappa shape index (κ1) is 30.6. The molecule has 1 radical (unpaired) electrons. The number of aromatic hydroxyl groups is 1. The van der Waals surface area contributed by atoms with Gasteiger partial charge in [-0.1, -0.05) is 18.3 Å². The van der Waals surface area contributed by atoms with Gasteiger partial charge in [-0.2, -0.15) is 18.2 Å². The summed E-state index contributed by atoms with van der Waals surface area (Å²) in [6, 6.07) is 3.23. The maximum absolute atomic E-state index is 11.5. The van der Waals surface area contributed by atoms with Gasteiger partial charge in [-0.3, -0.25) is 6.42 Å². The van der Waals surface area contributed by atoms with E-state index in [0.29, 0.717) is 18.7 Å². The van der Waals surface area contributed by atoms with Crippen LogP contribution in [0.1, 0.15) is 5.56 Å². The molecule has 1 aromatic rings. The normalized spacial score (nSPS) is 14.3. The zero-order valence-electron chi connectivity index (χ0n) is 15.6. The first-order valence-corrected chi connectivity index (χ1v) is 8.63. The monoisotopic (exact) mass is 494 g/mol. The van der Waals surface area contributed by atoms with Gasteiger partial charge in [0.2, 0.25) is 0 Å². The van der Waals surface area contributed by atoms with E-state index in [1.807, 2.05) is 0 Å². The van der Waals surface area contributed by atoms with Crippen LogP contribution in [0.3, 0.4) is 0 Å². The molecule has 0 atom stereocenters. The van der Waals surface area contributed by atoms with Gasteiger partial charge in [0.15, 0.2) is 0 Å². The van der Waals surface area contributed by atoms with Crippen LogP contribution in [-0.2, 0) is 47.6 Å². The van der Waals surface area contributed by atoms with Crippen molar-refractivity contribution in [3.8, 4) is 5.75 Å². The fourth-order valence-electron chi connectivity index (χ4n) is 1.88. The molecule has 0 amide bonds. The first-order chi connectivity index (χ1) is 11.9. The van der Waals surface area contributed by atoms with Crippen LogP contribution in [0.4, 0.5) is 0 Å². The van der Waals surface area contributed by atoms with E-state index in [-0.39, 0.29) is 109 Å². The van der Waals surface area contributed by atoms with E-state index < -0.39 is 15.0 Å². The molecule has 135 valence electrons. The summed E-state index contributed by atoms with van der Waals surface area (Å²) in [5.74, 6) is -0.279. The van der Waals surface area contributed by atoms with Crippen molar-refractivity contribution in [1.82, 2.24) is 5.32 Å². The van der Waals surface area contributed by atoms with E-state index in [2.05, 4.69) is 16.4 Å². The van der Waals surface area contributed by atoms with Crippen molar-refractivity contribution >= 4 is 22.1 Å². The quantitative estimate of drug-likeness (QED) is 0.0979. The molecular formula is C17H15N2Na2O5SY-. The molecule has 2 rings (SSSR count). The number of aliphatic imine (C=N–C) groups is 1. The fourth-order valence-corrected chi connectivity index (χ4v) is 2.38. The molecule has 11 heteroatoms. The molecule has 0 aliphatic heterocycles. The molecule has 0 unspecified atom stereocenters. The number of rotatable bonds is 7. The first-order valence-electron chi connectivity index (χ1n) is 7.22. The van der Waals surface area contributed by atoms with Crippen molar-refractivity contribution in [3.05, 3.63) is 66.3 Å². The summed E-state index contributed by atoms with van der Waals surface area (Å²) in [7, 11) is -4.59. The third kappa shape index (κ3) is 10.4. The number of phenolic OH excluding ortho intramolecular Hbond substituents is 1. The zero-order valence-corrected chi connectivity index (χ0v) is 23.3. The minimum atomic E-state index is -4.59. The average molecular weight is 494 g/mol. The molecule has 28 heavy (non-hydrogen) atoms. The molecule has 0 aromatic heterocycles. The van der Waals surface area contributed by atoms with E-state index in [1.165, 1.54) is 12.3 Å². The topological polar surface area (TPSA) is 119 Å². The van der Waals surface area contributed by atoms with Gasteiger partial charge in [-0.15, -0.1) is 12.6 Å². The van der Waals surface area contributed by atoms with Crippen molar-refractivity contribution in [3.63, 3.8) is 0 Å². The van der Waals surface area contributed by atoms with Crippen LogP contribution in [0.25, 0.3) is 0 Å². The van der Waals surface area contributed by atoms with Crippen LogP contribution >= 0.6 is 0 Å². The van der Waals surface area contributed by atoms with Gasteiger partial charge in [-0.05, 0) is 18.2 Å². The summed E-state index contributed by atoms with van der Waals surface area (Å²) in [6.45, 7) is 0.742. The molecule has 7 nitrogen and oxygen atoms in total. The Kier molecular flexibility index (Phi) is 16.6. The Hall–Kier alpha value is 0.394. The number of nitrogens with one attached hydrogen (secondary N) is 1. The number of carbonyl (C=O) groups excluding carboxylic acids is 1. The number of ketones is 1. The zero-order chi connectivity index (χ0) is 18.3. The Morgan fingerprint density at radius 2 is 2.04 bits per heavy atom. The van der Waals surface area contributed by atoms with Crippen LogP contribution in [0.2, 0.25) is 0 Å². The van der Waals surface area contributed by atoms with Gasteiger partial charge in [-0.25, -0.2) is 8.42 Å². The Morgan fingerprint density at radius 3 is 2.68 bits per heavy atom. The molecule has 0 bridgehead atoms. The molecule has 2 N–H and O–H groups in total. The van der Waals surface area contributed by atoms with Crippen molar-refractivity contribution in [2.24, 2.45) is 4.99 Å². The second-order valence-corrected chi connectivity index (χ2v) is 6.35. The number of allylic oxidation sites excluding steroid dienone is 5. The predicted molar refractivity (Wildman–Crippen MR) is 90.9 cm³/mol. The minimum absolute atomic E-state index is 0. The smallest absolute Gasteiger partial charge is 0.744 e. The van der Waals surface area contributed by atoms with Crippen LogP contribution in [0.5, 0.6) is 5.75 Å². The van der Waals surface area contributed by atoms with E-state index >= 15 is 0 Å². The summed E-state index contributed by atoms with van der Waals surface area (Å²) < 4.78 is 32.9. The number of carbonyl (C=O) groups is 1. The molecule has 1 aliphatic carbocycles. The summed E-state index contributed by atoms with van der Waals surface area (Å²) in [5.41, 5.74) is 0.639. The second kappa shape index (κ2) is 15.2. The average Bonchev–Trinajstić information content (AvgIpc) is 2.56. The third-order valence-corrected chi connectivity index (χ3v) is 3.96. The number of nitrogens with zero attached hydrogens (tertiary/aromatic N) is 1. The largest absolute Gasteiger partial charge is 1.00 e. The molecule has 1 aliphatic rings. The molecular weight excluding hydrogens is 479 g/mol. The summed E-state index contributed by atoms with van der Waals surface area (Å²) in [6.07, 6.45) is 12.0. The Bertz CT molecular complexity index is 884. The van der Waals surface area contributed by atoms with Crippen LogP contribution in [-0.4, -0.2) is 43.2 Å². The van der Waals surface area contributed by atoms with Gasteiger partial charge in [0, 0.05) is 44.5 Å². The molecule has 0 heterocycles. The van der Waals surface area contributed by atoms with Crippen molar-refractivity contribution in [2.75, 3.05) is 13.1 Å². The van der Waals surface area contributed by atoms with Crippen molar-refractivity contribution < 1.29 is 115 Å². The Morgan fingerprint density at radius 1 is 1.32 bits per heavy atom. The van der Waals surface area contributed by atoms with E-state index in [0.717, 1.165) is 18.2 Å². The summed E-state index contributed by atoms with van der Waals surface area (Å²) in [4.78, 5) is 15.1. The number of hydrogen-bond acceptors (Lipinski definition) is 7. The third-order valence-electron chi connectivity index (χ3n) is 3.13. The number of hydrogen-bond donors (Lipinski definition) is 2. The molecule has 0 saturated carbocycles. The van der Waals surface area contributed by atoms with Gasteiger partial charge in [0.25, 0.3) is 0 Å². The number of benzene rings is 1. The van der Waals surface area contributed by atoms with Gasteiger partial charge in [0.1, 0.15) is 15.9 Å². The van der Waals surface area contributed by atoms with Crippen molar-refractivity contribution in [2.45, 2.75) is 4.90 Å². The summed E-state index contributed by atoms with van der Waals surface area (Å²) >= 11 is 0. The number of phenols is 1. The predicted octanol–water partition coefficient (Wildman–Crippen LogP) is -5.10. The molecule has 0 fully saturated rings. The molecule has 1 aromatic carbocycles. The van der Waals surface area contributed by atoms with Crippen LogP contribution < -0.4 is 64.4 Å². The van der Waals surface area contributed by atoms with Gasteiger partial charge >= 0.3 is 59.1 Å². The second-order valence-electron chi connectivity index (χ2n) is 4.97. The van der Waals surface area contributed by atoms with E-state index in [1.54, 1.807) is 24.8 Å². The van der Waals surface area contributed by atoms with Gasteiger partial charge < -0.3 is 24.8 Å². The van der Waals surface area contributed by atoms with Crippen molar-refractivity contribution in [1.29, 1.82) is 0 Å². The Labute approximate surface area is 234 Å². The fraction of sp³-hybridized carbons (Fsp3) is 0.118. The van der Waals surface area contributed by atoms with E-state index in [4.69, 9.17) is 0 Å².